The predicted octanol–water partition coefficient (Wildman–Crippen LogP) is 4.93. The Morgan fingerprint density at radius 3 is 2.38 bits per heavy atom. The highest BCUT2D eigenvalue weighted by molar-refractivity contribution is 6.03. The molecule has 24 heavy (non-hydrogen) atoms. The molecule has 0 N–H and O–H groups in total. The number of carbonyl (C=O) groups excluding carboxylic acids is 1. The van der Waals surface area contributed by atoms with Gasteiger partial charge in [0.15, 0.2) is 5.78 Å². The molecule has 1 aliphatic rings. The van der Waals surface area contributed by atoms with Gasteiger partial charge in [-0.15, -0.1) is 0 Å². The summed E-state index contributed by atoms with van der Waals surface area (Å²) in [7, 11) is 0. The number of hydrogen-bond donors (Lipinski definition) is 0. The van der Waals surface area contributed by atoms with Crippen LogP contribution in [0.15, 0.2) is 30.3 Å². The molecular weight excluding hydrogens is 300 g/mol. The molecule has 0 unspecified atom stereocenters. The first-order chi connectivity index (χ1) is 11.3. The number of carbonyl (C=O) groups is 1. The van der Waals surface area contributed by atoms with Crippen LogP contribution in [0.5, 0.6) is 11.5 Å². The number of fused-ring (bicyclic) bond motifs is 1. The third-order valence-electron chi connectivity index (χ3n) is 4.66. The van der Waals surface area contributed by atoms with Crippen molar-refractivity contribution in [2.24, 2.45) is 0 Å². The van der Waals surface area contributed by atoms with Gasteiger partial charge in [-0.2, -0.15) is 0 Å². The molecule has 0 spiro atoms. The summed E-state index contributed by atoms with van der Waals surface area (Å²) in [6, 6.07) is 10.0. The van der Waals surface area contributed by atoms with Gasteiger partial charge in [-0.25, -0.2) is 0 Å². The van der Waals surface area contributed by atoms with Crippen LogP contribution in [0.3, 0.4) is 0 Å². The van der Waals surface area contributed by atoms with Crippen molar-refractivity contribution in [1.82, 2.24) is 0 Å². The van der Waals surface area contributed by atoms with Crippen molar-refractivity contribution < 1.29 is 14.3 Å². The summed E-state index contributed by atoms with van der Waals surface area (Å²) < 4.78 is 12.2. The van der Waals surface area contributed by atoms with Gasteiger partial charge in [0.2, 0.25) is 0 Å². The average molecular weight is 324 g/mol. The third-order valence-corrected chi connectivity index (χ3v) is 4.66. The topological polar surface area (TPSA) is 35.5 Å². The molecule has 3 rings (SSSR count). The highest BCUT2D eigenvalue weighted by atomic mass is 16.5. The quantitative estimate of drug-likeness (QED) is 0.802. The summed E-state index contributed by atoms with van der Waals surface area (Å²) in [5.41, 5.74) is 4.23. The number of rotatable bonds is 3. The van der Waals surface area contributed by atoms with Crippen molar-refractivity contribution in [2.75, 3.05) is 0 Å². The minimum absolute atomic E-state index is 0.131. The molecule has 1 heterocycles. The Morgan fingerprint density at radius 1 is 1.04 bits per heavy atom. The summed E-state index contributed by atoms with van der Waals surface area (Å²) in [4.78, 5) is 12.7. The maximum atomic E-state index is 12.7. The van der Waals surface area contributed by atoms with E-state index >= 15 is 0 Å². The third kappa shape index (κ3) is 2.91. The SMILES string of the molecule is Cc1c(C)c2c(c(C)c1OCc1ccccc1)C(=O)CC(C)(C)O2. The van der Waals surface area contributed by atoms with Crippen molar-refractivity contribution >= 4 is 5.78 Å². The standard InChI is InChI=1S/C21H24O3/c1-13-14(2)20-18(17(22)11-21(4,5)24-20)15(3)19(13)23-12-16-9-7-6-8-10-16/h6-10H,11-12H2,1-5H3. The lowest BCUT2D eigenvalue weighted by molar-refractivity contribution is 0.0612. The van der Waals surface area contributed by atoms with E-state index in [9.17, 15) is 4.79 Å². The molecule has 0 radical (unpaired) electrons. The van der Waals surface area contributed by atoms with E-state index in [1.165, 1.54) is 0 Å². The molecule has 0 aromatic heterocycles. The van der Waals surface area contributed by atoms with E-state index in [-0.39, 0.29) is 5.78 Å². The smallest absolute Gasteiger partial charge is 0.170 e. The normalized spacial score (nSPS) is 15.6. The van der Waals surface area contributed by atoms with Gasteiger partial charge < -0.3 is 9.47 Å². The van der Waals surface area contributed by atoms with Crippen LogP contribution in [0.25, 0.3) is 0 Å². The lowest BCUT2D eigenvalue weighted by atomic mass is 9.87. The lowest BCUT2D eigenvalue weighted by Gasteiger charge is -2.34. The molecule has 2 aromatic rings. The average Bonchev–Trinajstić information content (AvgIpc) is 2.52. The number of ether oxygens (including phenoxy) is 2. The monoisotopic (exact) mass is 324 g/mol. The summed E-state index contributed by atoms with van der Waals surface area (Å²) in [5.74, 6) is 1.65. The van der Waals surface area contributed by atoms with Gasteiger partial charge in [0.05, 0.1) is 12.0 Å². The van der Waals surface area contributed by atoms with Crippen LogP contribution < -0.4 is 9.47 Å². The van der Waals surface area contributed by atoms with E-state index in [0.717, 1.165) is 33.8 Å². The Morgan fingerprint density at radius 2 is 1.71 bits per heavy atom. The van der Waals surface area contributed by atoms with E-state index in [1.54, 1.807) is 0 Å². The molecule has 0 aliphatic carbocycles. The minimum atomic E-state index is -0.458. The van der Waals surface area contributed by atoms with Gasteiger partial charge >= 0.3 is 0 Å². The maximum absolute atomic E-state index is 12.7. The molecule has 0 amide bonds. The molecule has 0 bridgehead atoms. The Labute approximate surface area is 143 Å². The second kappa shape index (κ2) is 5.97. The van der Waals surface area contributed by atoms with E-state index in [0.29, 0.717) is 18.6 Å². The molecule has 0 atom stereocenters. The second-order valence-electron chi connectivity index (χ2n) is 7.14. The van der Waals surface area contributed by atoms with E-state index in [1.807, 2.05) is 65.0 Å². The van der Waals surface area contributed by atoms with Crippen LogP contribution in [0.4, 0.5) is 0 Å². The van der Waals surface area contributed by atoms with Gasteiger partial charge in [-0.3, -0.25) is 4.79 Å². The molecule has 0 saturated carbocycles. The van der Waals surface area contributed by atoms with Gasteiger partial charge in [0.25, 0.3) is 0 Å². The summed E-state index contributed by atoms with van der Waals surface area (Å²) >= 11 is 0. The van der Waals surface area contributed by atoms with Gasteiger partial charge in [0.1, 0.15) is 23.7 Å². The first-order valence-electron chi connectivity index (χ1n) is 8.33. The zero-order chi connectivity index (χ0) is 17.5. The van der Waals surface area contributed by atoms with Crippen LogP contribution in [0, 0.1) is 20.8 Å². The van der Waals surface area contributed by atoms with Crippen LogP contribution in [-0.2, 0) is 6.61 Å². The number of hydrogen-bond acceptors (Lipinski definition) is 3. The summed E-state index contributed by atoms with van der Waals surface area (Å²) in [6.45, 7) is 10.4. The fourth-order valence-corrected chi connectivity index (χ4v) is 3.29. The lowest BCUT2D eigenvalue weighted by Crippen LogP contribution is -2.37. The highest BCUT2D eigenvalue weighted by Crippen LogP contribution is 2.43. The van der Waals surface area contributed by atoms with Crippen molar-refractivity contribution in [2.45, 2.75) is 53.2 Å². The van der Waals surface area contributed by atoms with E-state index in [2.05, 4.69) is 0 Å². The fourth-order valence-electron chi connectivity index (χ4n) is 3.29. The number of ketones is 1. The van der Waals surface area contributed by atoms with Gasteiger partial charge in [-0.05, 0) is 51.3 Å². The Kier molecular flexibility index (Phi) is 4.12. The van der Waals surface area contributed by atoms with Crippen molar-refractivity contribution in [3.8, 4) is 11.5 Å². The minimum Gasteiger partial charge on any atom is -0.488 e. The maximum Gasteiger partial charge on any atom is 0.170 e. The van der Waals surface area contributed by atoms with Crippen molar-refractivity contribution in [1.29, 1.82) is 0 Å². The largest absolute Gasteiger partial charge is 0.488 e. The van der Waals surface area contributed by atoms with Crippen LogP contribution in [0.1, 0.15) is 52.9 Å². The Hall–Kier alpha value is -2.29. The Balaban J connectivity index is 2.02. The van der Waals surface area contributed by atoms with Gasteiger partial charge in [-0.1, -0.05) is 30.3 Å². The summed E-state index contributed by atoms with van der Waals surface area (Å²) in [6.07, 6.45) is 0.390. The zero-order valence-electron chi connectivity index (χ0n) is 15.0. The zero-order valence-corrected chi connectivity index (χ0v) is 15.0. The van der Waals surface area contributed by atoms with Crippen LogP contribution >= 0.6 is 0 Å². The molecule has 2 aromatic carbocycles. The van der Waals surface area contributed by atoms with Crippen LogP contribution in [0.2, 0.25) is 0 Å². The summed E-state index contributed by atoms with van der Waals surface area (Å²) in [5, 5.41) is 0. The predicted molar refractivity (Wildman–Crippen MR) is 95.1 cm³/mol. The molecule has 1 aliphatic heterocycles. The molecular formula is C21H24O3. The molecule has 0 saturated heterocycles. The first-order valence-corrected chi connectivity index (χ1v) is 8.33. The molecule has 0 fully saturated rings. The van der Waals surface area contributed by atoms with Gasteiger partial charge in [0, 0.05) is 5.56 Å². The highest BCUT2D eigenvalue weighted by Gasteiger charge is 2.36. The number of Topliss-reactive ketones (excluding diaryl/α,β-unsaturated/α-hetero) is 1. The molecule has 126 valence electrons. The Bertz CT molecular complexity index is 789. The van der Waals surface area contributed by atoms with E-state index in [4.69, 9.17) is 9.47 Å². The van der Waals surface area contributed by atoms with Crippen LogP contribution in [-0.4, -0.2) is 11.4 Å². The number of benzene rings is 2. The first kappa shape index (κ1) is 16.6. The van der Waals surface area contributed by atoms with Crippen molar-refractivity contribution in [3.05, 3.63) is 58.1 Å². The van der Waals surface area contributed by atoms with E-state index < -0.39 is 5.60 Å². The molecule has 3 nitrogen and oxygen atoms in total. The molecule has 3 heteroatoms. The fraction of sp³-hybridized carbons (Fsp3) is 0.381. The second-order valence-corrected chi connectivity index (χ2v) is 7.14. The van der Waals surface area contributed by atoms with Crippen molar-refractivity contribution in [3.63, 3.8) is 0 Å².